The highest BCUT2D eigenvalue weighted by atomic mass is 35.5. The van der Waals surface area contributed by atoms with Crippen molar-refractivity contribution in [3.8, 4) is 5.75 Å². The van der Waals surface area contributed by atoms with Gasteiger partial charge < -0.3 is 10.5 Å². The van der Waals surface area contributed by atoms with Crippen LogP contribution in [-0.4, -0.2) is 49.9 Å². The van der Waals surface area contributed by atoms with Gasteiger partial charge in [-0.15, -0.1) is 0 Å². The van der Waals surface area contributed by atoms with Crippen LogP contribution in [0.15, 0.2) is 58.5 Å². The molecular weight excluding hydrogens is 444 g/mol. The zero-order valence-corrected chi connectivity index (χ0v) is 18.0. The molecule has 2 amide bonds. The number of sulfonamides is 1. The van der Waals surface area contributed by atoms with Gasteiger partial charge in [-0.2, -0.15) is 9.41 Å². The Morgan fingerprint density at radius 1 is 1.19 bits per heavy atom. The molecule has 9 nitrogen and oxygen atoms in total. The monoisotopic (exact) mass is 464 g/mol. The lowest BCUT2D eigenvalue weighted by Gasteiger charge is -2.22. The molecule has 164 valence electrons. The van der Waals surface area contributed by atoms with E-state index < -0.39 is 27.9 Å². The van der Waals surface area contributed by atoms with Gasteiger partial charge in [-0.1, -0.05) is 11.6 Å². The molecule has 1 heterocycles. The maximum absolute atomic E-state index is 12.9. The van der Waals surface area contributed by atoms with Gasteiger partial charge in [0.1, 0.15) is 11.8 Å². The molecule has 0 radical (unpaired) electrons. The van der Waals surface area contributed by atoms with Crippen LogP contribution in [0, 0.1) is 0 Å². The van der Waals surface area contributed by atoms with E-state index in [-0.39, 0.29) is 18.0 Å². The van der Waals surface area contributed by atoms with Crippen LogP contribution in [0.3, 0.4) is 0 Å². The van der Waals surface area contributed by atoms with Crippen LogP contribution < -0.4 is 15.9 Å². The number of halogens is 1. The molecule has 31 heavy (non-hydrogen) atoms. The molecule has 0 spiro atoms. The highest BCUT2D eigenvalue weighted by molar-refractivity contribution is 7.89. The van der Waals surface area contributed by atoms with E-state index in [9.17, 15) is 18.0 Å². The number of nitrogens with zero attached hydrogens (tertiary/aromatic N) is 2. The van der Waals surface area contributed by atoms with Crippen LogP contribution in [0.25, 0.3) is 0 Å². The number of hydrogen-bond donors (Lipinski definition) is 2. The first-order valence-electron chi connectivity index (χ1n) is 9.39. The first-order chi connectivity index (χ1) is 14.8. The predicted molar refractivity (Wildman–Crippen MR) is 115 cm³/mol. The van der Waals surface area contributed by atoms with Crippen molar-refractivity contribution in [2.75, 3.05) is 13.2 Å². The Morgan fingerprint density at radius 2 is 1.87 bits per heavy atom. The molecule has 0 unspecified atom stereocenters. The molecule has 2 aromatic carbocycles. The third-order valence-corrected chi connectivity index (χ3v) is 6.75. The van der Waals surface area contributed by atoms with Crippen molar-refractivity contribution in [2.45, 2.75) is 23.8 Å². The summed E-state index contributed by atoms with van der Waals surface area (Å²) in [4.78, 5) is 23.4. The number of hydrogen-bond acceptors (Lipinski definition) is 6. The van der Waals surface area contributed by atoms with E-state index in [1.165, 1.54) is 34.8 Å². The predicted octanol–water partition coefficient (Wildman–Crippen LogP) is 1.51. The zero-order valence-electron chi connectivity index (χ0n) is 16.4. The van der Waals surface area contributed by atoms with E-state index in [2.05, 4.69) is 10.5 Å². The maximum Gasteiger partial charge on any atom is 0.258 e. The highest BCUT2D eigenvalue weighted by Gasteiger charge is 2.39. The van der Waals surface area contributed by atoms with E-state index in [1.54, 1.807) is 24.3 Å². The van der Waals surface area contributed by atoms with Crippen LogP contribution in [0.1, 0.15) is 18.4 Å². The minimum atomic E-state index is -3.83. The van der Waals surface area contributed by atoms with Crippen molar-refractivity contribution in [1.29, 1.82) is 0 Å². The molecule has 11 heteroatoms. The minimum absolute atomic E-state index is 0.0822. The van der Waals surface area contributed by atoms with Gasteiger partial charge >= 0.3 is 0 Å². The molecule has 1 aliphatic heterocycles. The van der Waals surface area contributed by atoms with Gasteiger partial charge in [0.25, 0.3) is 11.8 Å². The summed E-state index contributed by atoms with van der Waals surface area (Å²) >= 11 is 5.83. The van der Waals surface area contributed by atoms with Gasteiger partial charge in [-0.3, -0.25) is 9.59 Å². The average Bonchev–Trinajstić information content (AvgIpc) is 3.24. The van der Waals surface area contributed by atoms with Gasteiger partial charge in [0.05, 0.1) is 11.1 Å². The van der Waals surface area contributed by atoms with Crippen molar-refractivity contribution >= 4 is 39.7 Å². The fourth-order valence-electron chi connectivity index (χ4n) is 3.08. The molecule has 1 aliphatic rings. The van der Waals surface area contributed by atoms with Crippen molar-refractivity contribution in [2.24, 2.45) is 10.8 Å². The number of carbonyl (C=O) groups is 2. The normalized spacial score (nSPS) is 17.0. The van der Waals surface area contributed by atoms with Gasteiger partial charge in [0, 0.05) is 11.6 Å². The topological polar surface area (TPSA) is 131 Å². The number of amides is 2. The van der Waals surface area contributed by atoms with Gasteiger partial charge in [0.2, 0.25) is 10.0 Å². The number of nitrogens with one attached hydrogen (secondary N) is 1. The first kappa shape index (κ1) is 22.7. The van der Waals surface area contributed by atoms with Crippen molar-refractivity contribution < 1.29 is 22.7 Å². The summed E-state index contributed by atoms with van der Waals surface area (Å²) in [6, 6.07) is 11.6. The molecule has 1 fully saturated rings. The van der Waals surface area contributed by atoms with Crippen LogP contribution in [0.4, 0.5) is 0 Å². The number of ether oxygens (including phenoxy) is 1. The van der Waals surface area contributed by atoms with Gasteiger partial charge in [-0.05, 0) is 66.9 Å². The molecule has 3 N–H and O–H groups in total. The van der Waals surface area contributed by atoms with Crippen LogP contribution in [0.2, 0.25) is 5.02 Å². The van der Waals surface area contributed by atoms with Crippen molar-refractivity contribution in [1.82, 2.24) is 9.73 Å². The number of carbonyl (C=O) groups excluding carboxylic acids is 2. The minimum Gasteiger partial charge on any atom is -0.484 e. The number of hydrazone groups is 1. The van der Waals surface area contributed by atoms with Crippen molar-refractivity contribution in [3.05, 3.63) is 59.1 Å². The fraction of sp³-hybridized carbons (Fsp3) is 0.250. The van der Waals surface area contributed by atoms with E-state index >= 15 is 0 Å². The summed E-state index contributed by atoms with van der Waals surface area (Å²) in [7, 11) is -3.83. The summed E-state index contributed by atoms with van der Waals surface area (Å²) in [6.07, 6.45) is 2.39. The number of benzene rings is 2. The standard InChI is InChI=1S/C20H21ClN4O5S/c21-15-5-9-17(10-6-15)31(28,29)25-11-1-2-18(25)20(27)24-23-12-14-3-7-16(8-4-14)30-13-19(22)26/h3-10,12,18H,1-2,11,13H2,(H2,22,26)(H,24,27)/t18-/m0/s1. The Morgan fingerprint density at radius 3 is 2.52 bits per heavy atom. The fourth-order valence-corrected chi connectivity index (χ4v) is 4.86. The Kier molecular flexibility index (Phi) is 7.26. The summed E-state index contributed by atoms with van der Waals surface area (Å²) in [5.74, 6) is -0.617. The third kappa shape index (κ3) is 5.81. The van der Waals surface area contributed by atoms with E-state index in [0.717, 1.165) is 0 Å². The second-order valence-electron chi connectivity index (χ2n) is 6.79. The summed E-state index contributed by atoms with van der Waals surface area (Å²) in [5.41, 5.74) is 8.09. The Labute approximate surface area is 184 Å². The molecule has 1 atom stereocenters. The van der Waals surface area contributed by atoms with E-state index in [0.29, 0.717) is 29.2 Å². The quantitative estimate of drug-likeness (QED) is 0.451. The molecular formula is C20H21ClN4O5S. The molecule has 0 bridgehead atoms. The van der Waals surface area contributed by atoms with E-state index in [1.807, 2.05) is 0 Å². The van der Waals surface area contributed by atoms with Crippen LogP contribution >= 0.6 is 11.6 Å². The van der Waals surface area contributed by atoms with Crippen LogP contribution in [-0.2, 0) is 19.6 Å². The van der Waals surface area contributed by atoms with Crippen molar-refractivity contribution in [3.63, 3.8) is 0 Å². The largest absolute Gasteiger partial charge is 0.484 e. The second kappa shape index (κ2) is 9.90. The smallest absolute Gasteiger partial charge is 0.258 e. The lowest BCUT2D eigenvalue weighted by molar-refractivity contribution is -0.124. The molecule has 0 aromatic heterocycles. The average molecular weight is 465 g/mol. The van der Waals surface area contributed by atoms with Gasteiger partial charge in [-0.25, -0.2) is 13.8 Å². The number of primary amides is 1. The Hall–Kier alpha value is -2.95. The third-order valence-electron chi connectivity index (χ3n) is 4.58. The number of nitrogens with two attached hydrogens (primary N) is 1. The lowest BCUT2D eigenvalue weighted by atomic mass is 10.2. The summed E-state index contributed by atoms with van der Waals surface area (Å²) < 4.78 is 32.2. The van der Waals surface area contributed by atoms with E-state index in [4.69, 9.17) is 22.1 Å². The summed E-state index contributed by atoms with van der Waals surface area (Å²) in [5, 5.41) is 4.34. The molecule has 1 saturated heterocycles. The molecule has 0 aliphatic carbocycles. The van der Waals surface area contributed by atoms with Gasteiger partial charge in [0.15, 0.2) is 6.61 Å². The molecule has 2 aromatic rings. The number of rotatable bonds is 8. The zero-order chi connectivity index (χ0) is 22.4. The maximum atomic E-state index is 12.9. The highest BCUT2D eigenvalue weighted by Crippen LogP contribution is 2.27. The first-order valence-corrected chi connectivity index (χ1v) is 11.2. The second-order valence-corrected chi connectivity index (χ2v) is 9.11. The Balaban J connectivity index is 1.61. The summed E-state index contributed by atoms with van der Waals surface area (Å²) in [6.45, 7) is 0.0276. The lowest BCUT2D eigenvalue weighted by Crippen LogP contribution is -2.44. The van der Waals surface area contributed by atoms with Crippen LogP contribution in [0.5, 0.6) is 5.75 Å². The molecule has 0 saturated carbocycles. The molecule has 3 rings (SSSR count). The SMILES string of the molecule is NC(=O)COc1ccc(C=NNC(=O)[C@@H]2CCCN2S(=O)(=O)c2ccc(Cl)cc2)cc1. The Bertz CT molecular complexity index is 1070.